The average molecular weight is 329 g/mol. The van der Waals surface area contributed by atoms with Crippen LogP contribution in [0.4, 0.5) is 0 Å². The zero-order chi connectivity index (χ0) is 16.9. The Morgan fingerprint density at radius 3 is 2.71 bits per heavy atom. The number of hydrogen-bond donors (Lipinski definition) is 1. The number of benzene rings is 1. The van der Waals surface area contributed by atoms with Gasteiger partial charge in [0.15, 0.2) is 0 Å². The van der Waals surface area contributed by atoms with Crippen molar-refractivity contribution in [3.05, 3.63) is 42.0 Å². The van der Waals surface area contributed by atoms with Crippen LogP contribution in [0, 0.1) is 0 Å². The number of hydrogen-bond acceptors (Lipinski definition) is 5. The lowest BCUT2D eigenvalue weighted by Crippen LogP contribution is -2.44. The first-order valence-electron chi connectivity index (χ1n) is 8.53. The predicted octanol–water partition coefficient (Wildman–Crippen LogP) is 2.46. The number of fused-ring (bicyclic) bond motifs is 2. The number of esters is 2. The first-order valence-corrected chi connectivity index (χ1v) is 8.53. The molecule has 0 spiro atoms. The van der Waals surface area contributed by atoms with Gasteiger partial charge in [-0.05, 0) is 18.1 Å². The van der Waals surface area contributed by atoms with Gasteiger partial charge < -0.3 is 14.8 Å². The second kappa shape index (κ2) is 7.62. The van der Waals surface area contributed by atoms with Crippen molar-refractivity contribution in [2.24, 2.45) is 0 Å². The zero-order valence-corrected chi connectivity index (χ0v) is 13.8. The van der Waals surface area contributed by atoms with Crippen molar-refractivity contribution < 1.29 is 19.1 Å². The van der Waals surface area contributed by atoms with Crippen LogP contribution in [-0.4, -0.2) is 36.2 Å². The van der Waals surface area contributed by atoms with Crippen molar-refractivity contribution in [3.8, 4) is 0 Å². The lowest BCUT2D eigenvalue weighted by Gasteiger charge is -2.29. The molecule has 128 valence electrons. The van der Waals surface area contributed by atoms with Crippen molar-refractivity contribution in [3.63, 3.8) is 0 Å². The van der Waals surface area contributed by atoms with Crippen LogP contribution in [0.1, 0.15) is 38.2 Å². The fourth-order valence-corrected chi connectivity index (χ4v) is 3.42. The van der Waals surface area contributed by atoms with Crippen LogP contribution in [0.15, 0.2) is 36.4 Å². The van der Waals surface area contributed by atoms with Crippen LogP contribution < -0.4 is 5.32 Å². The molecule has 0 unspecified atom stereocenters. The van der Waals surface area contributed by atoms with Crippen molar-refractivity contribution in [1.82, 2.24) is 5.32 Å². The van der Waals surface area contributed by atoms with Gasteiger partial charge in [-0.1, -0.05) is 37.3 Å². The Morgan fingerprint density at radius 1 is 1.17 bits per heavy atom. The van der Waals surface area contributed by atoms with Gasteiger partial charge in [0.25, 0.3) is 0 Å². The molecule has 3 rings (SSSR count). The molecule has 1 N–H and O–H groups in total. The molecule has 2 saturated heterocycles. The Hall–Kier alpha value is -2.14. The van der Waals surface area contributed by atoms with Crippen molar-refractivity contribution in [1.29, 1.82) is 0 Å². The number of carbonyl (C=O) groups is 2. The van der Waals surface area contributed by atoms with Crippen molar-refractivity contribution in [2.75, 3.05) is 0 Å². The number of rotatable bonds is 5. The Balaban J connectivity index is 1.52. The van der Waals surface area contributed by atoms with E-state index < -0.39 is 0 Å². The van der Waals surface area contributed by atoms with Gasteiger partial charge in [0.2, 0.25) is 0 Å². The second-order valence-electron chi connectivity index (χ2n) is 6.36. The molecule has 0 aliphatic carbocycles. The summed E-state index contributed by atoms with van der Waals surface area (Å²) < 4.78 is 11.0. The minimum atomic E-state index is -0.333. The zero-order valence-electron chi connectivity index (χ0n) is 13.8. The topological polar surface area (TPSA) is 64.6 Å². The molecule has 2 aliphatic heterocycles. The van der Waals surface area contributed by atoms with Gasteiger partial charge in [0.05, 0.1) is 0 Å². The van der Waals surface area contributed by atoms with Crippen LogP contribution >= 0.6 is 0 Å². The Labute approximate surface area is 142 Å². The molecule has 24 heavy (non-hydrogen) atoms. The SMILES string of the molecule is CCC(=O)O[C@@H]1C[C@@H]2C[C@@H](OC(=O)/C=C/c3ccccc3)[C@H](C1)N2. The Bertz CT molecular complexity index is 613. The highest BCUT2D eigenvalue weighted by Crippen LogP contribution is 2.31. The van der Waals surface area contributed by atoms with Gasteiger partial charge in [-0.3, -0.25) is 4.79 Å². The van der Waals surface area contributed by atoms with Crippen LogP contribution in [0.3, 0.4) is 0 Å². The highest BCUT2D eigenvalue weighted by Gasteiger charge is 2.43. The summed E-state index contributed by atoms with van der Waals surface area (Å²) in [5, 5.41) is 3.45. The largest absolute Gasteiger partial charge is 0.462 e. The van der Waals surface area contributed by atoms with Gasteiger partial charge in [0.1, 0.15) is 12.2 Å². The number of carbonyl (C=O) groups excluding carboxylic acids is 2. The predicted molar refractivity (Wildman–Crippen MR) is 90.1 cm³/mol. The maximum absolute atomic E-state index is 12.0. The first kappa shape index (κ1) is 16.7. The third kappa shape index (κ3) is 4.23. The third-order valence-corrected chi connectivity index (χ3v) is 4.55. The van der Waals surface area contributed by atoms with Crippen LogP contribution in [0.25, 0.3) is 6.08 Å². The fourth-order valence-electron chi connectivity index (χ4n) is 3.42. The lowest BCUT2D eigenvalue weighted by atomic mass is 10.0. The molecular weight excluding hydrogens is 306 g/mol. The lowest BCUT2D eigenvalue weighted by molar-refractivity contribution is -0.151. The van der Waals surface area contributed by atoms with E-state index in [0.717, 1.165) is 18.4 Å². The molecule has 1 aromatic carbocycles. The minimum Gasteiger partial charge on any atom is -0.462 e. The van der Waals surface area contributed by atoms with E-state index in [2.05, 4.69) is 5.32 Å². The van der Waals surface area contributed by atoms with Crippen molar-refractivity contribution >= 4 is 18.0 Å². The summed E-state index contributed by atoms with van der Waals surface area (Å²) in [6.07, 6.45) is 5.64. The smallest absolute Gasteiger partial charge is 0.331 e. The molecule has 2 heterocycles. The summed E-state index contributed by atoms with van der Waals surface area (Å²) in [6.45, 7) is 1.79. The summed E-state index contributed by atoms with van der Waals surface area (Å²) in [4.78, 5) is 23.5. The molecule has 0 amide bonds. The van der Waals surface area contributed by atoms with E-state index in [1.807, 2.05) is 30.3 Å². The van der Waals surface area contributed by atoms with E-state index in [1.165, 1.54) is 6.08 Å². The average Bonchev–Trinajstić information content (AvgIpc) is 2.87. The number of piperidine rings is 1. The van der Waals surface area contributed by atoms with Gasteiger partial charge in [-0.15, -0.1) is 0 Å². The molecular formula is C19H23NO4. The fraction of sp³-hybridized carbons (Fsp3) is 0.474. The minimum absolute atomic E-state index is 0.0625. The molecule has 0 radical (unpaired) electrons. The number of nitrogens with one attached hydrogen (secondary N) is 1. The highest BCUT2D eigenvalue weighted by molar-refractivity contribution is 5.87. The van der Waals surface area contributed by atoms with E-state index >= 15 is 0 Å². The quantitative estimate of drug-likeness (QED) is 0.664. The normalized spacial score (nSPS) is 28.7. The van der Waals surface area contributed by atoms with Gasteiger partial charge >= 0.3 is 11.9 Å². The van der Waals surface area contributed by atoms with Crippen LogP contribution in [0.2, 0.25) is 0 Å². The molecule has 0 aromatic heterocycles. The molecule has 5 heteroatoms. The standard InChI is InChI=1S/C19H23NO4/c1-2-18(21)23-15-10-14-11-17(16(12-15)20-14)24-19(22)9-8-13-6-4-3-5-7-13/h3-9,14-17,20H,2,10-12H2,1H3/b9-8+/t14-,15-,16+,17-/m1/s1. The molecule has 2 aliphatic rings. The molecule has 2 fully saturated rings. The summed E-state index contributed by atoms with van der Waals surface area (Å²) in [5.41, 5.74) is 0.962. The van der Waals surface area contributed by atoms with Gasteiger partial charge in [0, 0.05) is 37.4 Å². The van der Waals surface area contributed by atoms with Gasteiger partial charge in [-0.2, -0.15) is 0 Å². The maximum atomic E-state index is 12.0. The monoisotopic (exact) mass is 329 g/mol. The number of ether oxygens (including phenoxy) is 2. The summed E-state index contributed by atoms with van der Waals surface area (Å²) in [5.74, 6) is -0.499. The summed E-state index contributed by atoms with van der Waals surface area (Å²) >= 11 is 0. The maximum Gasteiger partial charge on any atom is 0.331 e. The van der Waals surface area contributed by atoms with Crippen LogP contribution in [-0.2, 0) is 19.1 Å². The molecule has 4 atom stereocenters. The third-order valence-electron chi connectivity index (χ3n) is 4.55. The molecule has 0 saturated carbocycles. The van der Waals surface area contributed by atoms with E-state index in [1.54, 1.807) is 13.0 Å². The molecule has 1 aromatic rings. The van der Waals surface area contributed by atoms with Crippen molar-refractivity contribution in [2.45, 2.75) is 56.9 Å². The first-order chi connectivity index (χ1) is 11.6. The summed E-state index contributed by atoms with van der Waals surface area (Å²) in [7, 11) is 0. The Morgan fingerprint density at radius 2 is 1.96 bits per heavy atom. The second-order valence-corrected chi connectivity index (χ2v) is 6.36. The van der Waals surface area contributed by atoms with E-state index in [-0.39, 0.29) is 36.2 Å². The van der Waals surface area contributed by atoms with E-state index in [9.17, 15) is 9.59 Å². The Kier molecular flexibility index (Phi) is 5.30. The highest BCUT2D eigenvalue weighted by atomic mass is 16.6. The van der Waals surface area contributed by atoms with E-state index in [0.29, 0.717) is 12.8 Å². The molecule has 2 bridgehead atoms. The van der Waals surface area contributed by atoms with E-state index in [4.69, 9.17) is 9.47 Å². The van der Waals surface area contributed by atoms with Crippen LogP contribution in [0.5, 0.6) is 0 Å². The summed E-state index contributed by atoms with van der Waals surface area (Å²) in [6, 6.07) is 9.95. The molecule has 5 nitrogen and oxygen atoms in total. The van der Waals surface area contributed by atoms with Gasteiger partial charge in [-0.25, -0.2) is 4.79 Å².